The minimum atomic E-state index is -1.08. The molecule has 0 atom stereocenters. The Hall–Kier alpha value is -7.83. The smallest absolute Gasteiger partial charge is 0.238 e. The molecule has 8 aromatic carbocycles. The van der Waals surface area contributed by atoms with E-state index in [9.17, 15) is 11.0 Å². The highest BCUT2D eigenvalue weighted by Gasteiger charge is 2.25. The van der Waals surface area contributed by atoms with Crippen LogP contribution in [0, 0.1) is 0 Å². The quantitative estimate of drug-likeness (QED) is 0.175. The molecule has 0 unspecified atom stereocenters. The van der Waals surface area contributed by atoms with Gasteiger partial charge in [0.25, 0.3) is 0 Å². The Kier molecular flexibility index (Phi) is 2.97. The number of aromatic nitrogens is 5. The van der Waals surface area contributed by atoms with Gasteiger partial charge in [-0.2, -0.15) is 9.97 Å². The van der Waals surface area contributed by atoms with E-state index in [4.69, 9.17) is 35.9 Å². The molecule has 266 valence electrons. The summed E-state index contributed by atoms with van der Waals surface area (Å²) in [5.74, 6) is -2.77. The summed E-state index contributed by atoms with van der Waals surface area (Å²) in [5.41, 5.74) is -8.51. The maximum atomic E-state index is 10.2. The predicted octanol–water partition coefficient (Wildman–Crippen LogP) is 13.0. The molecule has 4 aromatic heterocycles. The molecule has 0 aliphatic rings. The van der Waals surface area contributed by atoms with Crippen molar-refractivity contribution in [2.45, 2.75) is 0 Å². The summed E-state index contributed by atoms with van der Waals surface area (Å²) in [7, 11) is 0. The van der Waals surface area contributed by atoms with E-state index in [1.165, 1.54) is 0 Å². The fourth-order valence-corrected chi connectivity index (χ4v) is 6.75. The number of nitrogens with zero attached hydrogens (tertiary/aromatic N) is 5. The minimum Gasteiger partial charge on any atom is -0.454 e. The van der Waals surface area contributed by atoms with E-state index in [2.05, 4.69) is 15.0 Å². The van der Waals surface area contributed by atoms with Gasteiger partial charge >= 0.3 is 0 Å². The second-order valence-electron chi connectivity index (χ2n) is 12.1. The molecular weight excluding hydrogens is 699 g/mol. The van der Waals surface area contributed by atoms with Gasteiger partial charge in [0.15, 0.2) is 17.2 Å². The molecule has 0 radical (unpaired) electrons. The number of hydrogen-bond donors (Lipinski definition) is 0. The number of hydrogen-bond acceptors (Lipinski definition) is 4. The average molecular weight is 761 g/mol. The summed E-state index contributed by atoms with van der Waals surface area (Å²) >= 11 is 0. The van der Waals surface area contributed by atoms with Crippen molar-refractivity contribution < 1.29 is 46.9 Å². The molecule has 0 amide bonds. The summed E-state index contributed by atoms with van der Waals surface area (Å²) < 4.78 is 288. The van der Waals surface area contributed by atoms with Crippen molar-refractivity contribution in [3.8, 4) is 45.5 Å². The number of benzene rings is 8. The van der Waals surface area contributed by atoms with Crippen molar-refractivity contribution >= 4 is 65.6 Å². The SMILES string of the molecule is [2H]c1c([2H])c([2H])c(-c2nc(-c3c([2H])c([2H])c([2H])c([2H])c3[2H])nc(-n3c4c([2H])c([2H])c([2H])c([2H])c4c4c([2H])c([2H])c5c(c6c([2H])c([2H])c([2H])c([2H])c6n5-c5c([2H])c(-c6c([2H])c([2H])c([2H])c([2H])c6[2H])c([2H])c6c5oc5c([2H])c([2H])c([2H])c([2H])c56)c43)n2)c([2H])c1[2H]. The first-order valence-electron chi connectivity index (χ1n) is 32.1. The summed E-state index contributed by atoms with van der Waals surface area (Å²) in [4.78, 5) is 13.3. The number of fused-ring (bicyclic) bond motifs is 10. The lowest BCUT2D eigenvalue weighted by atomic mass is 10.0. The third kappa shape index (κ3) is 4.81. The molecule has 6 heteroatoms. The van der Waals surface area contributed by atoms with Gasteiger partial charge in [0.2, 0.25) is 5.95 Å². The minimum absolute atomic E-state index is 0.568. The van der Waals surface area contributed by atoms with Gasteiger partial charge < -0.3 is 8.98 Å². The number of rotatable bonds is 5. The van der Waals surface area contributed by atoms with E-state index in [0.29, 0.717) is 0 Å². The fraction of sp³-hybridized carbons (Fsp3) is 0. The summed E-state index contributed by atoms with van der Waals surface area (Å²) in [6.07, 6.45) is 0. The Morgan fingerprint density at radius 2 is 0.965 bits per heavy atom. The van der Waals surface area contributed by atoms with Crippen LogP contribution in [0.25, 0.3) is 111 Å². The van der Waals surface area contributed by atoms with Crippen molar-refractivity contribution in [1.82, 2.24) is 24.1 Å². The largest absolute Gasteiger partial charge is 0.454 e. The topological polar surface area (TPSA) is 61.7 Å². The molecule has 0 fully saturated rings. The Bertz CT molecular complexity index is 5190. The van der Waals surface area contributed by atoms with Gasteiger partial charge in [-0.25, -0.2) is 4.98 Å². The number of para-hydroxylation sites is 3. The van der Waals surface area contributed by atoms with Crippen LogP contribution in [0.5, 0.6) is 0 Å². The zero-order valence-corrected chi connectivity index (χ0v) is 28.1. The molecule has 12 aromatic rings. The van der Waals surface area contributed by atoms with Crippen molar-refractivity contribution in [1.29, 1.82) is 0 Å². The van der Waals surface area contributed by atoms with Gasteiger partial charge in [0, 0.05) is 43.4 Å². The van der Waals surface area contributed by atoms with Crippen molar-refractivity contribution in [3.05, 3.63) is 187 Å². The van der Waals surface area contributed by atoms with Crippen molar-refractivity contribution in [2.24, 2.45) is 0 Å². The first kappa shape index (κ1) is 13.7. The van der Waals surface area contributed by atoms with Crippen LogP contribution in [0.3, 0.4) is 0 Å². The zero-order valence-electron chi connectivity index (χ0n) is 59.1. The molecule has 0 bridgehead atoms. The van der Waals surface area contributed by atoms with E-state index in [0.717, 1.165) is 9.13 Å². The monoisotopic (exact) mass is 760 g/mol. The van der Waals surface area contributed by atoms with E-state index in [-0.39, 0.29) is 0 Å². The standard InChI is InChI=1S/C51H31N5O/c1-4-16-32(17-5-1)35-30-40-37-23-12-15-27-45(37)57-48(40)44(31-35)55-42-26-14-11-24-39(42)46-43(55)29-28-38-36-22-10-13-25-41(36)56(47(38)46)51-53-49(33-18-6-2-7-19-33)52-50(54-51)34-20-8-3-9-21-34/h1-31H/i1D,2D,3D,4D,5D,6D,7D,8D,9D,10D,11D,12D,13D,14D,15D,16D,17D,18D,19D,20D,21D,22D,23D,24D,25D,26D,27D,28D,29D,30D,31D. The summed E-state index contributed by atoms with van der Waals surface area (Å²) in [5, 5.41) is -3.79. The lowest BCUT2D eigenvalue weighted by Crippen LogP contribution is -2.06. The van der Waals surface area contributed by atoms with E-state index >= 15 is 0 Å². The molecule has 0 saturated carbocycles. The molecule has 0 spiro atoms. The Morgan fingerprint density at radius 1 is 0.404 bits per heavy atom. The highest BCUT2D eigenvalue weighted by atomic mass is 16.3. The molecule has 0 aliphatic heterocycles. The van der Waals surface area contributed by atoms with Crippen molar-refractivity contribution in [3.63, 3.8) is 0 Å². The van der Waals surface area contributed by atoms with Gasteiger partial charge in [-0.15, -0.1) is 0 Å². The van der Waals surface area contributed by atoms with E-state index in [1.54, 1.807) is 0 Å². The van der Waals surface area contributed by atoms with E-state index < -0.39 is 298 Å². The molecule has 0 saturated heterocycles. The van der Waals surface area contributed by atoms with Crippen LogP contribution in [-0.2, 0) is 0 Å². The summed E-state index contributed by atoms with van der Waals surface area (Å²) in [6.45, 7) is 0. The number of furan rings is 1. The van der Waals surface area contributed by atoms with Gasteiger partial charge in [0.1, 0.15) is 5.58 Å². The summed E-state index contributed by atoms with van der Waals surface area (Å²) in [6, 6.07) is -29.7. The van der Waals surface area contributed by atoms with Gasteiger partial charge in [0.05, 0.1) is 70.2 Å². The second kappa shape index (κ2) is 12.3. The average Bonchev–Trinajstić information content (AvgIpc) is 1.53. The molecule has 0 N–H and O–H groups in total. The Morgan fingerprint density at radius 3 is 1.65 bits per heavy atom. The van der Waals surface area contributed by atoms with Crippen LogP contribution in [0.15, 0.2) is 192 Å². The van der Waals surface area contributed by atoms with Crippen LogP contribution >= 0.6 is 0 Å². The highest BCUT2D eigenvalue weighted by molar-refractivity contribution is 6.26. The highest BCUT2D eigenvalue weighted by Crippen LogP contribution is 2.44. The van der Waals surface area contributed by atoms with Gasteiger partial charge in [-0.05, 0) is 47.4 Å². The maximum absolute atomic E-state index is 10.2. The normalized spacial score (nSPS) is 19.5. The van der Waals surface area contributed by atoms with Crippen molar-refractivity contribution in [2.75, 3.05) is 0 Å². The molecule has 6 nitrogen and oxygen atoms in total. The molecule has 57 heavy (non-hydrogen) atoms. The van der Waals surface area contributed by atoms with Crippen LogP contribution < -0.4 is 0 Å². The second-order valence-corrected chi connectivity index (χ2v) is 12.1. The third-order valence-corrected chi connectivity index (χ3v) is 9.03. The molecule has 0 aliphatic carbocycles. The van der Waals surface area contributed by atoms with Crippen LogP contribution in [0.2, 0.25) is 0 Å². The predicted molar refractivity (Wildman–Crippen MR) is 232 cm³/mol. The first-order valence-corrected chi connectivity index (χ1v) is 16.6. The fourth-order valence-electron chi connectivity index (χ4n) is 6.75. The molecular formula is C51H31N5O. The molecule has 12 rings (SSSR count). The first-order chi connectivity index (χ1) is 41.2. The molecule has 4 heterocycles. The van der Waals surface area contributed by atoms with Gasteiger partial charge in [-0.1, -0.05) is 151 Å². The van der Waals surface area contributed by atoms with Crippen LogP contribution in [0.4, 0.5) is 0 Å². The van der Waals surface area contributed by atoms with E-state index in [1.807, 2.05) is 0 Å². The van der Waals surface area contributed by atoms with Gasteiger partial charge in [-0.3, -0.25) is 4.57 Å². The lowest BCUT2D eigenvalue weighted by Gasteiger charge is -2.13. The third-order valence-electron chi connectivity index (χ3n) is 9.03. The maximum Gasteiger partial charge on any atom is 0.238 e. The van der Waals surface area contributed by atoms with Crippen LogP contribution in [-0.4, -0.2) is 24.1 Å². The Balaban J connectivity index is 1.42. The van der Waals surface area contributed by atoms with Crippen LogP contribution in [0.1, 0.15) is 42.5 Å². The lowest BCUT2D eigenvalue weighted by molar-refractivity contribution is 0.666. The zero-order chi connectivity index (χ0) is 64.4. The Labute approximate surface area is 370 Å².